The van der Waals surface area contributed by atoms with E-state index in [1.165, 1.54) is 94.1 Å². The molecule has 7 aromatic carbocycles. The zero-order valence-electron chi connectivity index (χ0n) is 40.1. The van der Waals surface area contributed by atoms with Crippen LogP contribution in [0.3, 0.4) is 0 Å². The second-order valence-electron chi connectivity index (χ2n) is 19.0. The van der Waals surface area contributed by atoms with Crippen LogP contribution >= 0.6 is 0 Å². The average Bonchev–Trinajstić information content (AvgIpc) is 3.88. The molecule has 0 fully saturated rings. The van der Waals surface area contributed by atoms with Crippen molar-refractivity contribution in [3.63, 3.8) is 0 Å². The summed E-state index contributed by atoms with van der Waals surface area (Å²) in [5.74, 6) is 0. The number of rotatable bonds is 11. The molecule has 0 aliphatic carbocycles. The molecule has 0 N–H and O–H groups in total. The molecule has 12 rings (SSSR count). The number of hydrogen-bond donors (Lipinski definition) is 0. The molecular weight excluding hydrogens is 851 g/mol. The number of fused-ring (bicyclic) bond motifs is 6. The Balaban J connectivity index is 0.844. The lowest BCUT2D eigenvalue weighted by Crippen LogP contribution is -1.98. The predicted octanol–water partition coefficient (Wildman–Crippen LogP) is 15.8. The molecule has 338 valence electrons. The second kappa shape index (κ2) is 17.9. The zero-order valence-corrected chi connectivity index (χ0v) is 40.1. The van der Waals surface area contributed by atoms with Crippen LogP contribution in [-0.4, -0.2) is 23.8 Å². The summed E-state index contributed by atoms with van der Waals surface area (Å²) in [6.45, 7) is 8.45. The highest BCUT2D eigenvalue weighted by Gasteiger charge is 2.15. The van der Waals surface area contributed by atoms with Crippen molar-refractivity contribution in [2.75, 3.05) is 0 Å². The van der Waals surface area contributed by atoms with Crippen LogP contribution < -0.4 is 0 Å². The topological polar surface area (TPSA) is 47.5 Å². The average molecular weight is 904 g/mol. The van der Waals surface area contributed by atoms with Crippen LogP contribution in [0.5, 0.6) is 0 Å². The summed E-state index contributed by atoms with van der Waals surface area (Å²) in [4.78, 5) is 14.9. The fourth-order valence-electron chi connectivity index (χ4n) is 10.4. The lowest BCUT2D eigenvalue weighted by Gasteiger charge is -2.15. The summed E-state index contributed by atoms with van der Waals surface area (Å²) in [5.41, 5.74) is 23.5. The molecule has 70 heavy (non-hydrogen) atoms. The van der Waals surface area contributed by atoms with Gasteiger partial charge < -0.3 is 8.80 Å². The lowest BCUT2D eigenvalue weighted by atomic mass is 9.90. The van der Waals surface area contributed by atoms with E-state index in [0.29, 0.717) is 0 Å². The lowest BCUT2D eigenvalue weighted by molar-refractivity contribution is 0.933. The van der Waals surface area contributed by atoms with Crippen LogP contribution in [0.2, 0.25) is 0 Å². The maximum atomic E-state index is 5.09. The highest BCUT2D eigenvalue weighted by Crippen LogP contribution is 2.36. The van der Waals surface area contributed by atoms with Gasteiger partial charge in [-0.1, -0.05) is 158 Å². The summed E-state index contributed by atoms with van der Waals surface area (Å²) < 4.78 is 4.41. The van der Waals surface area contributed by atoms with Gasteiger partial charge in [0.25, 0.3) is 0 Å². The van der Waals surface area contributed by atoms with Gasteiger partial charge in [0, 0.05) is 51.9 Å². The molecule has 12 aromatic rings. The minimum Gasteiger partial charge on any atom is -0.304 e. The molecule has 0 radical (unpaired) electrons. The van der Waals surface area contributed by atoms with Crippen molar-refractivity contribution in [2.24, 2.45) is 0 Å². The molecule has 0 bridgehead atoms. The Labute approximate surface area is 409 Å². The van der Waals surface area contributed by atoms with Gasteiger partial charge in [0.15, 0.2) is 0 Å². The molecule has 0 unspecified atom stereocenters. The van der Waals surface area contributed by atoms with Gasteiger partial charge in [-0.15, -0.1) is 0 Å². The van der Waals surface area contributed by atoms with E-state index in [4.69, 9.17) is 15.0 Å². The van der Waals surface area contributed by atoms with Crippen molar-refractivity contribution in [3.8, 4) is 55.8 Å². The van der Waals surface area contributed by atoms with Gasteiger partial charge in [0.05, 0.1) is 17.1 Å². The van der Waals surface area contributed by atoms with Gasteiger partial charge in [0.1, 0.15) is 11.3 Å². The number of aryl methyl sites for hydroxylation is 8. The fourth-order valence-corrected chi connectivity index (χ4v) is 10.4. The largest absolute Gasteiger partial charge is 0.304 e. The van der Waals surface area contributed by atoms with Crippen LogP contribution in [-0.2, 0) is 25.7 Å². The van der Waals surface area contributed by atoms with Gasteiger partial charge in [-0.2, -0.15) is 0 Å². The molecule has 0 saturated carbocycles. The van der Waals surface area contributed by atoms with Crippen LogP contribution in [0, 0.1) is 27.7 Å². The number of pyridine rings is 3. The molecule has 0 atom stereocenters. The molecular formula is C65H53N5. The Hall–Kier alpha value is -8.41. The SMILES string of the molecule is Cc1nc2c3ccc(CCc4cc(CCc5ccc6c(ccn7c(C)c(C)nc67)c5)cc(-c5ccccc5-c5ccc(-c6cccc(-c7ccc(-c8ccccc8)cc7)c6)nc5)c4)cc3ccn2c1C. The molecule has 0 amide bonds. The summed E-state index contributed by atoms with van der Waals surface area (Å²) in [5, 5.41) is 4.84. The van der Waals surface area contributed by atoms with Crippen molar-refractivity contribution in [1.82, 2.24) is 23.8 Å². The van der Waals surface area contributed by atoms with Crippen LogP contribution in [0.25, 0.3) is 88.6 Å². The highest BCUT2D eigenvalue weighted by atomic mass is 15.0. The molecule has 0 saturated heterocycles. The minimum atomic E-state index is 0.931. The van der Waals surface area contributed by atoms with E-state index in [0.717, 1.165) is 65.2 Å². The van der Waals surface area contributed by atoms with E-state index in [1.54, 1.807) is 0 Å². The highest BCUT2D eigenvalue weighted by molar-refractivity contribution is 5.95. The fraction of sp³-hybridized carbons (Fsp3) is 0.123. The first-order valence-electron chi connectivity index (χ1n) is 24.5. The maximum absolute atomic E-state index is 5.09. The summed E-state index contributed by atoms with van der Waals surface area (Å²) in [6, 6.07) is 66.8. The second-order valence-corrected chi connectivity index (χ2v) is 19.0. The van der Waals surface area contributed by atoms with Crippen molar-refractivity contribution in [1.29, 1.82) is 0 Å². The predicted molar refractivity (Wildman–Crippen MR) is 291 cm³/mol. The Morgan fingerprint density at radius 2 is 0.843 bits per heavy atom. The van der Waals surface area contributed by atoms with Gasteiger partial charge >= 0.3 is 0 Å². The minimum absolute atomic E-state index is 0.931. The van der Waals surface area contributed by atoms with Gasteiger partial charge in [0.2, 0.25) is 0 Å². The van der Waals surface area contributed by atoms with Crippen molar-refractivity contribution < 1.29 is 0 Å². The molecule has 0 spiro atoms. The first-order valence-corrected chi connectivity index (χ1v) is 24.5. The normalized spacial score (nSPS) is 11.7. The molecule has 5 heteroatoms. The van der Waals surface area contributed by atoms with Crippen LogP contribution in [0.4, 0.5) is 0 Å². The summed E-state index contributed by atoms with van der Waals surface area (Å²) >= 11 is 0. The zero-order chi connectivity index (χ0) is 47.3. The van der Waals surface area contributed by atoms with Crippen LogP contribution in [0.1, 0.15) is 45.0 Å². The summed E-state index contributed by atoms with van der Waals surface area (Å²) in [7, 11) is 0. The molecule has 5 aromatic heterocycles. The Morgan fingerprint density at radius 3 is 1.41 bits per heavy atom. The van der Waals surface area contributed by atoms with Gasteiger partial charge in [-0.05, 0) is 150 Å². The number of imidazole rings is 2. The van der Waals surface area contributed by atoms with Crippen molar-refractivity contribution >= 4 is 32.8 Å². The van der Waals surface area contributed by atoms with E-state index in [2.05, 4.69) is 231 Å². The molecule has 0 aliphatic rings. The number of nitrogens with zero attached hydrogens (tertiary/aromatic N) is 5. The Morgan fingerprint density at radius 1 is 0.357 bits per heavy atom. The number of benzene rings is 7. The van der Waals surface area contributed by atoms with Crippen molar-refractivity contribution in [2.45, 2.75) is 53.4 Å². The van der Waals surface area contributed by atoms with Gasteiger partial charge in [-0.25, -0.2) is 9.97 Å². The first kappa shape index (κ1) is 42.9. The molecule has 0 aliphatic heterocycles. The standard InChI is InChI=1S/C65H53N5/c1-42-44(3)69-33-31-54-36-46(21-28-61(54)64(69)67-42)17-19-48-35-49(20-18-47-22-29-62-55(37-47)32-34-70-45(4)43(2)68-65(62)70)39-58(38-48)60-16-9-8-15-59(60)57-27-30-63(66-41-57)56-14-10-13-53(40-56)52-25-23-51(24-26-52)50-11-6-5-7-12-50/h5-16,21-41H,17-20H2,1-4H3. The quantitative estimate of drug-likeness (QED) is 0.130. The molecule has 5 nitrogen and oxygen atoms in total. The maximum Gasteiger partial charge on any atom is 0.145 e. The van der Waals surface area contributed by atoms with Crippen LogP contribution in [0.15, 0.2) is 201 Å². The van der Waals surface area contributed by atoms with Gasteiger partial charge in [-0.3, -0.25) is 4.98 Å². The third-order valence-electron chi connectivity index (χ3n) is 14.5. The monoisotopic (exact) mass is 903 g/mol. The third kappa shape index (κ3) is 8.13. The smallest absolute Gasteiger partial charge is 0.145 e. The Bertz CT molecular complexity index is 3770. The van der Waals surface area contributed by atoms with E-state index < -0.39 is 0 Å². The third-order valence-corrected chi connectivity index (χ3v) is 14.5. The number of aromatic nitrogens is 5. The van der Waals surface area contributed by atoms with Crippen molar-refractivity contribution in [3.05, 3.63) is 246 Å². The Kier molecular flexibility index (Phi) is 11.0. The van der Waals surface area contributed by atoms with E-state index in [-0.39, 0.29) is 0 Å². The molecule has 5 heterocycles. The number of hydrogen-bond acceptors (Lipinski definition) is 3. The van der Waals surface area contributed by atoms with E-state index >= 15 is 0 Å². The summed E-state index contributed by atoms with van der Waals surface area (Å²) in [6.07, 6.45) is 10.1. The first-order chi connectivity index (χ1) is 34.3. The van der Waals surface area contributed by atoms with E-state index in [1.807, 2.05) is 6.20 Å². The van der Waals surface area contributed by atoms with E-state index in [9.17, 15) is 0 Å².